The highest BCUT2D eigenvalue weighted by atomic mass is 32.2. The number of aryl methyl sites for hydroxylation is 2. The van der Waals surface area contributed by atoms with Gasteiger partial charge in [-0.3, -0.25) is 4.79 Å². The third-order valence-electron chi connectivity index (χ3n) is 4.67. The van der Waals surface area contributed by atoms with Crippen LogP contribution < -0.4 is 5.32 Å². The van der Waals surface area contributed by atoms with Crippen LogP contribution in [0.5, 0.6) is 0 Å². The summed E-state index contributed by atoms with van der Waals surface area (Å²) in [6.45, 7) is 10.1. The molecule has 9 heteroatoms. The van der Waals surface area contributed by atoms with Gasteiger partial charge in [-0.2, -0.15) is 9.78 Å². The first-order chi connectivity index (χ1) is 14.2. The number of thioether (sulfide) groups is 1. The molecule has 8 nitrogen and oxygen atoms in total. The normalized spacial score (nSPS) is 11.5. The number of rotatable bonds is 6. The van der Waals surface area contributed by atoms with Crippen molar-refractivity contribution < 1.29 is 4.79 Å². The van der Waals surface area contributed by atoms with Crippen LogP contribution in [0.3, 0.4) is 0 Å². The van der Waals surface area contributed by atoms with E-state index >= 15 is 0 Å². The van der Waals surface area contributed by atoms with Crippen LogP contribution in [-0.4, -0.2) is 41.9 Å². The van der Waals surface area contributed by atoms with E-state index in [1.165, 1.54) is 11.8 Å². The number of carbonyl (C=O) groups excluding carboxylic acids is 1. The Hall–Kier alpha value is -2.81. The van der Waals surface area contributed by atoms with Crippen LogP contribution in [0.1, 0.15) is 49.8 Å². The average molecular weight is 426 g/mol. The smallest absolute Gasteiger partial charge is 0.252 e. The summed E-state index contributed by atoms with van der Waals surface area (Å²) in [5.74, 6) is 0.856. The van der Waals surface area contributed by atoms with Gasteiger partial charge in [0.1, 0.15) is 5.82 Å². The lowest BCUT2D eigenvalue weighted by Crippen LogP contribution is -2.17. The van der Waals surface area contributed by atoms with Gasteiger partial charge in [-0.05, 0) is 38.2 Å². The lowest BCUT2D eigenvalue weighted by Gasteiger charge is -2.13. The number of carbonyl (C=O) groups is 1. The van der Waals surface area contributed by atoms with E-state index < -0.39 is 0 Å². The minimum Gasteiger partial charge on any atom is -0.310 e. The van der Waals surface area contributed by atoms with E-state index in [-0.39, 0.29) is 11.3 Å². The van der Waals surface area contributed by atoms with E-state index in [0.29, 0.717) is 24.6 Å². The number of amides is 1. The van der Waals surface area contributed by atoms with Gasteiger partial charge in [0.15, 0.2) is 5.16 Å². The molecular weight excluding hydrogens is 398 g/mol. The summed E-state index contributed by atoms with van der Waals surface area (Å²) in [4.78, 5) is 30.2. The summed E-state index contributed by atoms with van der Waals surface area (Å²) >= 11 is 1.51. The van der Waals surface area contributed by atoms with Crippen LogP contribution in [0.15, 0.2) is 29.7 Å². The van der Waals surface area contributed by atoms with Crippen LogP contribution in [0.4, 0.5) is 5.82 Å². The fourth-order valence-corrected chi connectivity index (χ4v) is 3.45. The van der Waals surface area contributed by atoms with Crippen molar-refractivity contribution in [3.63, 3.8) is 0 Å². The maximum atomic E-state index is 12.7. The number of hydrogen-bond donors (Lipinski definition) is 1. The number of nitrogens with zero attached hydrogens (tertiary/aromatic N) is 6. The predicted molar refractivity (Wildman–Crippen MR) is 118 cm³/mol. The van der Waals surface area contributed by atoms with E-state index in [2.05, 4.69) is 51.1 Å². The minimum absolute atomic E-state index is 0.111. The first-order valence-electron chi connectivity index (χ1n) is 9.75. The van der Waals surface area contributed by atoms with E-state index in [4.69, 9.17) is 0 Å². The molecule has 0 saturated heterocycles. The second-order valence-corrected chi connectivity index (χ2v) is 8.81. The molecule has 0 atom stereocenters. The van der Waals surface area contributed by atoms with Crippen molar-refractivity contribution in [3.05, 3.63) is 47.2 Å². The number of anilines is 1. The Morgan fingerprint density at radius 2 is 1.77 bits per heavy atom. The zero-order chi connectivity index (χ0) is 21.9. The Labute approximate surface area is 181 Å². The maximum absolute atomic E-state index is 12.7. The average Bonchev–Trinajstić information content (AvgIpc) is 3.12. The van der Waals surface area contributed by atoms with Crippen molar-refractivity contribution >= 4 is 23.5 Å². The van der Waals surface area contributed by atoms with Crippen LogP contribution in [-0.2, 0) is 16.6 Å². The quantitative estimate of drug-likeness (QED) is 0.475. The molecule has 30 heavy (non-hydrogen) atoms. The van der Waals surface area contributed by atoms with Crippen LogP contribution in [0.25, 0.3) is 5.95 Å². The van der Waals surface area contributed by atoms with Crippen molar-refractivity contribution in [1.29, 1.82) is 0 Å². The highest BCUT2D eigenvalue weighted by molar-refractivity contribution is 7.98. The van der Waals surface area contributed by atoms with E-state index in [1.807, 2.05) is 26.2 Å². The molecule has 0 unspecified atom stereocenters. The molecule has 0 aromatic carbocycles. The third-order valence-corrected chi connectivity index (χ3v) is 5.22. The van der Waals surface area contributed by atoms with E-state index in [0.717, 1.165) is 27.8 Å². The predicted octanol–water partition coefficient (Wildman–Crippen LogP) is 3.66. The van der Waals surface area contributed by atoms with Gasteiger partial charge in [0.05, 0.1) is 5.69 Å². The Balaban J connectivity index is 1.79. The Kier molecular flexibility index (Phi) is 6.50. The van der Waals surface area contributed by atoms with Crippen molar-refractivity contribution in [1.82, 2.24) is 29.7 Å². The highest BCUT2D eigenvalue weighted by Gasteiger charge is 2.22. The Morgan fingerprint density at radius 1 is 1.13 bits per heavy atom. The lowest BCUT2D eigenvalue weighted by molar-refractivity contribution is -0.116. The molecule has 0 aliphatic rings. The summed E-state index contributed by atoms with van der Waals surface area (Å²) in [6, 6.07) is 3.62. The minimum atomic E-state index is -0.176. The van der Waals surface area contributed by atoms with Gasteiger partial charge in [0, 0.05) is 41.7 Å². The molecule has 1 N–H and O–H groups in total. The summed E-state index contributed by atoms with van der Waals surface area (Å²) in [5, 5.41) is 8.34. The van der Waals surface area contributed by atoms with Gasteiger partial charge in [0.2, 0.25) is 5.91 Å². The molecule has 0 aliphatic heterocycles. The van der Waals surface area contributed by atoms with Crippen molar-refractivity contribution in [2.24, 2.45) is 0 Å². The number of nitrogens with one attached hydrogen (secondary N) is 1. The molecule has 1 amide bonds. The molecule has 3 aromatic rings. The van der Waals surface area contributed by atoms with Crippen LogP contribution >= 0.6 is 11.8 Å². The van der Waals surface area contributed by atoms with Gasteiger partial charge in [0.25, 0.3) is 5.95 Å². The standard InChI is InChI=1S/C21H27N7OS/c1-13-15(14(2)25-20(24-13)30-6)8-9-18(29)26-17-12-16(21(3,4)5)27-28(17)19-22-10-7-11-23-19/h7,10-12H,8-9H2,1-6H3,(H,26,29). The molecule has 0 fully saturated rings. The SMILES string of the molecule is CSc1nc(C)c(CCC(=O)Nc2cc(C(C)(C)C)nn2-c2ncccn2)c(C)n1. The van der Waals surface area contributed by atoms with Gasteiger partial charge in [-0.25, -0.2) is 19.9 Å². The zero-order valence-electron chi connectivity index (χ0n) is 18.2. The molecule has 0 spiro atoms. The summed E-state index contributed by atoms with van der Waals surface area (Å²) in [6.07, 6.45) is 6.13. The fraction of sp³-hybridized carbons (Fsp3) is 0.429. The number of hydrogen-bond acceptors (Lipinski definition) is 7. The first kappa shape index (κ1) is 21.9. The molecule has 0 radical (unpaired) electrons. The first-order valence-corrected chi connectivity index (χ1v) is 11.0. The third kappa shape index (κ3) is 5.02. The lowest BCUT2D eigenvalue weighted by atomic mass is 9.92. The summed E-state index contributed by atoms with van der Waals surface area (Å²) in [5.41, 5.74) is 3.51. The Bertz CT molecular complexity index is 1020. The summed E-state index contributed by atoms with van der Waals surface area (Å²) in [7, 11) is 0. The molecule has 3 rings (SSSR count). The highest BCUT2D eigenvalue weighted by Crippen LogP contribution is 2.25. The van der Waals surface area contributed by atoms with Crippen LogP contribution in [0, 0.1) is 13.8 Å². The van der Waals surface area contributed by atoms with E-state index in [1.54, 1.807) is 23.1 Å². The fourth-order valence-electron chi connectivity index (χ4n) is 3.00. The molecular formula is C21H27N7OS. The van der Waals surface area contributed by atoms with Gasteiger partial charge in [-0.1, -0.05) is 32.5 Å². The zero-order valence-corrected chi connectivity index (χ0v) is 19.0. The van der Waals surface area contributed by atoms with Crippen molar-refractivity contribution in [2.45, 2.75) is 58.0 Å². The molecule has 158 valence electrons. The molecule has 3 heterocycles. The topological polar surface area (TPSA) is 98.5 Å². The monoisotopic (exact) mass is 425 g/mol. The van der Waals surface area contributed by atoms with Gasteiger partial charge in [-0.15, -0.1) is 0 Å². The molecule has 0 bridgehead atoms. The van der Waals surface area contributed by atoms with E-state index in [9.17, 15) is 4.79 Å². The summed E-state index contributed by atoms with van der Waals surface area (Å²) < 4.78 is 1.57. The molecule has 0 saturated carbocycles. The maximum Gasteiger partial charge on any atom is 0.252 e. The Morgan fingerprint density at radius 3 is 2.33 bits per heavy atom. The van der Waals surface area contributed by atoms with Gasteiger partial charge < -0.3 is 5.32 Å². The second kappa shape index (κ2) is 8.91. The van der Waals surface area contributed by atoms with Crippen LogP contribution in [0.2, 0.25) is 0 Å². The largest absolute Gasteiger partial charge is 0.310 e. The van der Waals surface area contributed by atoms with Gasteiger partial charge >= 0.3 is 0 Å². The molecule has 0 aliphatic carbocycles. The second-order valence-electron chi connectivity index (χ2n) is 8.03. The molecule has 3 aromatic heterocycles. The van der Waals surface area contributed by atoms with Crippen molar-refractivity contribution in [3.8, 4) is 5.95 Å². The van der Waals surface area contributed by atoms with Crippen molar-refractivity contribution in [2.75, 3.05) is 11.6 Å². The number of aromatic nitrogens is 6.